The molecule has 0 aliphatic rings. The van der Waals surface area contributed by atoms with Gasteiger partial charge < -0.3 is 14.6 Å². The van der Waals surface area contributed by atoms with E-state index < -0.39 is 17.8 Å². The molecule has 0 fully saturated rings. The van der Waals surface area contributed by atoms with Gasteiger partial charge >= 0.3 is 11.9 Å². The summed E-state index contributed by atoms with van der Waals surface area (Å²) in [6.07, 6.45) is 0. The van der Waals surface area contributed by atoms with Crippen LogP contribution in [-0.4, -0.2) is 30.8 Å². The minimum Gasteiger partial charge on any atom is -0.496 e. The normalized spacial score (nSPS) is 10.2. The Hall–Kier alpha value is -2.89. The van der Waals surface area contributed by atoms with Crippen LogP contribution in [0.2, 0.25) is 0 Å². The van der Waals surface area contributed by atoms with Crippen LogP contribution in [0.15, 0.2) is 36.4 Å². The Morgan fingerprint density at radius 1 is 1.17 bits per heavy atom. The Bertz CT molecular complexity index is 737. The van der Waals surface area contributed by atoms with Crippen LogP contribution in [0.25, 0.3) is 11.1 Å². The monoisotopic (exact) mass is 318 g/mol. The molecule has 120 valence electrons. The summed E-state index contributed by atoms with van der Waals surface area (Å²) in [5.74, 6) is -2.36. The van der Waals surface area contributed by atoms with Gasteiger partial charge in [0.2, 0.25) is 0 Å². The number of hydrogen-bond acceptors (Lipinski definition) is 4. The van der Waals surface area contributed by atoms with Crippen molar-refractivity contribution in [2.45, 2.75) is 6.92 Å². The van der Waals surface area contributed by atoms with Crippen LogP contribution in [0.5, 0.6) is 5.75 Å². The number of methoxy groups -OCH3 is 1. The predicted octanol–water partition coefficient (Wildman–Crippen LogP) is 3.38. The van der Waals surface area contributed by atoms with Crippen molar-refractivity contribution in [2.24, 2.45) is 0 Å². The molecular formula is C17H15FO5. The van der Waals surface area contributed by atoms with E-state index in [-0.39, 0.29) is 23.5 Å². The highest BCUT2D eigenvalue weighted by Gasteiger charge is 2.17. The lowest BCUT2D eigenvalue weighted by atomic mass is 10.0. The highest BCUT2D eigenvalue weighted by molar-refractivity contribution is 5.93. The van der Waals surface area contributed by atoms with Crippen molar-refractivity contribution in [3.8, 4) is 16.9 Å². The summed E-state index contributed by atoms with van der Waals surface area (Å²) >= 11 is 0. The number of benzene rings is 2. The van der Waals surface area contributed by atoms with Gasteiger partial charge in [-0.1, -0.05) is 12.1 Å². The Morgan fingerprint density at radius 3 is 2.35 bits per heavy atom. The minimum absolute atomic E-state index is 0.0538. The van der Waals surface area contributed by atoms with Gasteiger partial charge in [-0.05, 0) is 30.7 Å². The first-order chi connectivity index (χ1) is 11.0. The van der Waals surface area contributed by atoms with E-state index in [1.165, 1.54) is 37.4 Å². The second-order valence-electron chi connectivity index (χ2n) is 4.64. The standard InChI is InChI=1S/C17H15FO5/c1-3-23-17(21)11-6-4-10(5-7-11)12-8-13(16(19)20)15(22-2)9-14(12)18/h4-9H,3H2,1-2H3,(H,19,20). The van der Waals surface area contributed by atoms with Crippen molar-refractivity contribution in [1.29, 1.82) is 0 Å². The summed E-state index contributed by atoms with van der Waals surface area (Å²) < 4.78 is 23.9. The highest BCUT2D eigenvalue weighted by atomic mass is 19.1. The molecule has 0 aromatic heterocycles. The fourth-order valence-electron chi connectivity index (χ4n) is 2.11. The molecule has 0 saturated carbocycles. The third kappa shape index (κ3) is 3.48. The summed E-state index contributed by atoms with van der Waals surface area (Å²) in [6.45, 7) is 1.96. The van der Waals surface area contributed by atoms with Gasteiger partial charge in [0.15, 0.2) is 0 Å². The van der Waals surface area contributed by atoms with Crippen molar-refractivity contribution < 1.29 is 28.6 Å². The van der Waals surface area contributed by atoms with Gasteiger partial charge in [-0.2, -0.15) is 0 Å². The average molecular weight is 318 g/mol. The van der Waals surface area contributed by atoms with E-state index in [0.29, 0.717) is 11.1 Å². The first kappa shape index (κ1) is 16.5. The van der Waals surface area contributed by atoms with E-state index >= 15 is 0 Å². The van der Waals surface area contributed by atoms with Crippen LogP contribution in [0.4, 0.5) is 4.39 Å². The first-order valence-electron chi connectivity index (χ1n) is 6.86. The van der Waals surface area contributed by atoms with E-state index in [4.69, 9.17) is 9.47 Å². The van der Waals surface area contributed by atoms with Gasteiger partial charge in [0, 0.05) is 11.6 Å². The second kappa shape index (κ2) is 6.91. The molecule has 23 heavy (non-hydrogen) atoms. The third-order valence-electron chi connectivity index (χ3n) is 3.23. The SMILES string of the molecule is CCOC(=O)c1ccc(-c2cc(C(=O)O)c(OC)cc2F)cc1. The molecule has 2 aromatic rings. The van der Waals surface area contributed by atoms with Crippen molar-refractivity contribution in [1.82, 2.24) is 0 Å². The fourth-order valence-corrected chi connectivity index (χ4v) is 2.11. The number of aromatic carboxylic acids is 1. The van der Waals surface area contributed by atoms with Crippen LogP contribution in [-0.2, 0) is 4.74 Å². The number of carboxylic acid groups (broad SMARTS) is 1. The molecule has 2 rings (SSSR count). The van der Waals surface area contributed by atoms with E-state index in [2.05, 4.69) is 0 Å². The van der Waals surface area contributed by atoms with Gasteiger partial charge in [0.05, 0.1) is 19.3 Å². The Kier molecular flexibility index (Phi) is 4.95. The summed E-state index contributed by atoms with van der Waals surface area (Å²) in [6, 6.07) is 8.29. The molecule has 1 N–H and O–H groups in total. The highest BCUT2D eigenvalue weighted by Crippen LogP contribution is 2.30. The molecule has 0 heterocycles. The maximum absolute atomic E-state index is 14.2. The maximum atomic E-state index is 14.2. The van der Waals surface area contributed by atoms with E-state index in [1.807, 2.05) is 0 Å². The number of halogens is 1. The molecule has 0 spiro atoms. The predicted molar refractivity (Wildman–Crippen MR) is 81.3 cm³/mol. The van der Waals surface area contributed by atoms with Crippen LogP contribution < -0.4 is 4.74 Å². The Labute approximate surface area is 132 Å². The van der Waals surface area contributed by atoms with E-state index in [0.717, 1.165) is 6.07 Å². The van der Waals surface area contributed by atoms with Crippen LogP contribution in [0.3, 0.4) is 0 Å². The number of carbonyl (C=O) groups is 2. The molecule has 2 aromatic carbocycles. The number of hydrogen-bond donors (Lipinski definition) is 1. The van der Waals surface area contributed by atoms with Gasteiger partial charge in [-0.25, -0.2) is 14.0 Å². The fraction of sp³-hybridized carbons (Fsp3) is 0.176. The molecule has 6 heteroatoms. The molecule has 0 aliphatic heterocycles. The Balaban J connectivity index is 2.44. The number of carbonyl (C=O) groups excluding carboxylic acids is 1. The summed E-state index contributed by atoms with van der Waals surface area (Å²) in [4.78, 5) is 22.8. The molecule has 0 bridgehead atoms. The zero-order chi connectivity index (χ0) is 17.0. The lowest BCUT2D eigenvalue weighted by Gasteiger charge is -2.10. The number of esters is 1. The quantitative estimate of drug-likeness (QED) is 0.856. The van der Waals surface area contributed by atoms with E-state index in [1.54, 1.807) is 6.92 Å². The second-order valence-corrected chi connectivity index (χ2v) is 4.64. The van der Waals surface area contributed by atoms with Gasteiger partial charge in [-0.15, -0.1) is 0 Å². The van der Waals surface area contributed by atoms with Crippen molar-refractivity contribution >= 4 is 11.9 Å². The number of ether oxygens (including phenoxy) is 2. The van der Waals surface area contributed by atoms with Gasteiger partial charge in [0.1, 0.15) is 17.1 Å². The average Bonchev–Trinajstić information content (AvgIpc) is 2.54. The summed E-state index contributed by atoms with van der Waals surface area (Å²) in [7, 11) is 1.27. The molecule has 0 unspecified atom stereocenters. The molecule has 0 saturated heterocycles. The molecule has 0 amide bonds. The molecule has 0 aliphatic carbocycles. The largest absolute Gasteiger partial charge is 0.496 e. The zero-order valence-corrected chi connectivity index (χ0v) is 12.6. The van der Waals surface area contributed by atoms with Crippen molar-refractivity contribution in [3.63, 3.8) is 0 Å². The zero-order valence-electron chi connectivity index (χ0n) is 12.6. The van der Waals surface area contributed by atoms with Crippen LogP contribution in [0, 0.1) is 5.82 Å². The third-order valence-corrected chi connectivity index (χ3v) is 3.23. The minimum atomic E-state index is -1.22. The Morgan fingerprint density at radius 2 is 1.83 bits per heavy atom. The molecular weight excluding hydrogens is 303 g/mol. The van der Waals surface area contributed by atoms with Crippen molar-refractivity contribution in [2.75, 3.05) is 13.7 Å². The maximum Gasteiger partial charge on any atom is 0.339 e. The lowest BCUT2D eigenvalue weighted by molar-refractivity contribution is 0.0526. The number of carboxylic acids is 1. The summed E-state index contributed by atoms with van der Waals surface area (Å²) in [5, 5.41) is 9.17. The summed E-state index contributed by atoms with van der Waals surface area (Å²) in [5.41, 5.74) is 0.751. The van der Waals surface area contributed by atoms with Gasteiger partial charge in [-0.3, -0.25) is 0 Å². The van der Waals surface area contributed by atoms with Crippen LogP contribution >= 0.6 is 0 Å². The lowest BCUT2D eigenvalue weighted by Crippen LogP contribution is -2.04. The molecule has 0 atom stereocenters. The van der Waals surface area contributed by atoms with E-state index in [9.17, 15) is 19.1 Å². The first-order valence-corrected chi connectivity index (χ1v) is 6.86. The van der Waals surface area contributed by atoms with Crippen molar-refractivity contribution in [3.05, 3.63) is 53.3 Å². The topological polar surface area (TPSA) is 72.8 Å². The van der Waals surface area contributed by atoms with Crippen LogP contribution in [0.1, 0.15) is 27.6 Å². The van der Waals surface area contributed by atoms with Gasteiger partial charge in [0.25, 0.3) is 0 Å². The molecule has 0 radical (unpaired) electrons. The molecule has 5 nitrogen and oxygen atoms in total. The smallest absolute Gasteiger partial charge is 0.339 e. The number of rotatable bonds is 5.